The standard InChI is InChI=1S/C8H20NO2.7C4H11N/c1-3-9(4-2,5-7-10)6-8-11;7*1-3-5-4-2/h10-11H,3-8H2,1-2H3;7*5H,3-4H2,1-2H3/q+1;;;;;;;. The van der Waals surface area contributed by atoms with Crippen LogP contribution >= 0.6 is 0 Å². The topological polar surface area (TPSA) is 125 Å². The molecule has 0 bridgehead atoms. The van der Waals surface area contributed by atoms with Crippen molar-refractivity contribution in [3.8, 4) is 0 Å². The summed E-state index contributed by atoms with van der Waals surface area (Å²) in [5, 5.41) is 39.4. The molecule has 0 aromatic rings. The van der Waals surface area contributed by atoms with Crippen molar-refractivity contribution in [2.24, 2.45) is 0 Å². The minimum Gasteiger partial charge on any atom is -0.391 e. The van der Waals surface area contributed by atoms with Gasteiger partial charge in [0.05, 0.1) is 26.3 Å². The molecule has 0 rings (SSSR count). The van der Waals surface area contributed by atoms with E-state index in [-0.39, 0.29) is 13.2 Å². The molecule has 0 aromatic carbocycles. The Morgan fingerprint density at radius 3 is 0.457 bits per heavy atom. The predicted molar refractivity (Wildman–Crippen MR) is 215 cm³/mol. The lowest BCUT2D eigenvalue weighted by Gasteiger charge is -2.35. The molecule has 46 heavy (non-hydrogen) atoms. The van der Waals surface area contributed by atoms with Gasteiger partial charge in [0.2, 0.25) is 0 Å². The van der Waals surface area contributed by atoms with Crippen LogP contribution < -0.4 is 37.2 Å². The number of likely N-dealkylation sites (N-methyl/N-ethyl adjacent to an activating group) is 1. The summed E-state index contributed by atoms with van der Waals surface area (Å²) in [7, 11) is 0. The normalized spacial score (nSPS) is 9.26. The molecule has 0 aliphatic carbocycles. The lowest BCUT2D eigenvalue weighted by molar-refractivity contribution is -0.925. The minimum atomic E-state index is 0.210. The van der Waals surface area contributed by atoms with Crippen molar-refractivity contribution in [3.63, 3.8) is 0 Å². The van der Waals surface area contributed by atoms with E-state index >= 15 is 0 Å². The first-order chi connectivity index (χ1) is 22.1. The molecule has 0 aromatic heterocycles. The third-order valence-corrected chi connectivity index (χ3v) is 5.99. The molecule has 0 heterocycles. The van der Waals surface area contributed by atoms with Crippen molar-refractivity contribution >= 4 is 0 Å². The summed E-state index contributed by atoms with van der Waals surface area (Å²) in [5.74, 6) is 0. The fourth-order valence-corrected chi connectivity index (χ4v) is 3.14. The van der Waals surface area contributed by atoms with Gasteiger partial charge in [0.15, 0.2) is 0 Å². The van der Waals surface area contributed by atoms with E-state index in [1.54, 1.807) is 0 Å². The molecule has 0 spiro atoms. The van der Waals surface area contributed by atoms with Crippen LogP contribution in [-0.4, -0.2) is 146 Å². The molecular weight excluding hydrogens is 576 g/mol. The van der Waals surface area contributed by atoms with Gasteiger partial charge < -0.3 is 51.9 Å². The zero-order chi connectivity index (χ0) is 37.6. The zero-order valence-corrected chi connectivity index (χ0v) is 35.0. The first-order valence-corrected chi connectivity index (χ1v) is 19.2. The van der Waals surface area contributed by atoms with Crippen LogP contribution in [0.25, 0.3) is 0 Å². The Hall–Kier alpha value is -0.400. The fourth-order valence-electron chi connectivity index (χ4n) is 3.14. The molecule has 10 nitrogen and oxygen atoms in total. The van der Waals surface area contributed by atoms with Crippen molar-refractivity contribution < 1.29 is 14.7 Å². The highest BCUT2D eigenvalue weighted by Crippen LogP contribution is 2.03. The molecular formula is C36H97N8O2+. The number of aliphatic hydroxyl groups is 2. The van der Waals surface area contributed by atoms with E-state index in [1.165, 1.54) is 0 Å². The van der Waals surface area contributed by atoms with Crippen LogP contribution in [0.1, 0.15) is 111 Å². The molecule has 0 saturated carbocycles. The summed E-state index contributed by atoms with van der Waals surface area (Å²) >= 11 is 0. The molecule has 0 aliphatic heterocycles. The van der Waals surface area contributed by atoms with Crippen molar-refractivity contribution in [2.45, 2.75) is 111 Å². The summed E-state index contributed by atoms with van der Waals surface area (Å²) in [4.78, 5) is 0. The van der Waals surface area contributed by atoms with Gasteiger partial charge in [-0.3, -0.25) is 0 Å². The maximum absolute atomic E-state index is 8.79. The van der Waals surface area contributed by atoms with Gasteiger partial charge in [0.1, 0.15) is 13.1 Å². The molecule has 9 N–H and O–H groups in total. The summed E-state index contributed by atoms with van der Waals surface area (Å²) in [5.41, 5.74) is 0. The Balaban J connectivity index is -0.0000000613. The highest BCUT2D eigenvalue weighted by atomic mass is 16.3. The molecule has 292 valence electrons. The SMILES string of the molecule is CCNCC.CCNCC.CCNCC.CCNCC.CCNCC.CCNCC.CCNCC.CC[N+](CC)(CCO)CCO. The Morgan fingerprint density at radius 1 is 0.283 bits per heavy atom. The highest BCUT2D eigenvalue weighted by Gasteiger charge is 2.20. The van der Waals surface area contributed by atoms with E-state index in [0.717, 1.165) is 122 Å². The van der Waals surface area contributed by atoms with Gasteiger partial charge in [-0.05, 0) is 105 Å². The van der Waals surface area contributed by atoms with Crippen molar-refractivity contribution in [1.29, 1.82) is 0 Å². The molecule has 10 heteroatoms. The summed E-state index contributed by atoms with van der Waals surface area (Å²) in [6, 6.07) is 0. The second-order valence-electron chi connectivity index (χ2n) is 9.57. The van der Waals surface area contributed by atoms with Gasteiger partial charge >= 0.3 is 0 Å². The molecule has 0 radical (unpaired) electrons. The van der Waals surface area contributed by atoms with Crippen molar-refractivity contribution in [2.75, 3.05) is 131 Å². The maximum Gasteiger partial charge on any atom is 0.102 e. The van der Waals surface area contributed by atoms with Gasteiger partial charge in [-0.25, -0.2) is 0 Å². The molecule has 0 fully saturated rings. The second kappa shape index (κ2) is 79.8. The third kappa shape index (κ3) is 104. The van der Waals surface area contributed by atoms with E-state index in [9.17, 15) is 0 Å². The Labute approximate surface area is 293 Å². The third-order valence-electron chi connectivity index (χ3n) is 5.99. The molecule has 0 saturated heterocycles. The van der Waals surface area contributed by atoms with E-state index in [4.69, 9.17) is 10.2 Å². The second-order valence-corrected chi connectivity index (χ2v) is 9.57. The lowest BCUT2D eigenvalue weighted by atomic mass is 10.3. The van der Waals surface area contributed by atoms with Gasteiger partial charge in [0.25, 0.3) is 0 Å². The monoisotopic (exact) mass is 674 g/mol. The number of hydrogen-bond donors (Lipinski definition) is 9. The fraction of sp³-hybridized carbons (Fsp3) is 1.00. The van der Waals surface area contributed by atoms with E-state index in [0.29, 0.717) is 0 Å². The van der Waals surface area contributed by atoms with Crippen molar-refractivity contribution in [1.82, 2.24) is 37.2 Å². The van der Waals surface area contributed by atoms with Crippen molar-refractivity contribution in [3.05, 3.63) is 0 Å². The average molecular weight is 674 g/mol. The number of aliphatic hydroxyl groups excluding tert-OH is 2. The van der Waals surface area contributed by atoms with Crippen LogP contribution in [0.5, 0.6) is 0 Å². The number of quaternary nitrogens is 1. The average Bonchev–Trinajstić information content (AvgIpc) is 3.06. The summed E-state index contributed by atoms with van der Waals surface area (Å²) < 4.78 is 0.826. The van der Waals surface area contributed by atoms with Crippen LogP contribution in [0.3, 0.4) is 0 Å². The van der Waals surface area contributed by atoms with Gasteiger partial charge in [-0.2, -0.15) is 0 Å². The Morgan fingerprint density at radius 2 is 0.413 bits per heavy atom. The van der Waals surface area contributed by atoms with Gasteiger partial charge in [0, 0.05) is 0 Å². The summed E-state index contributed by atoms with van der Waals surface area (Å²) in [6.45, 7) is 52.8. The number of nitrogens with one attached hydrogen (secondary N) is 7. The molecule has 0 amide bonds. The number of rotatable bonds is 20. The minimum absolute atomic E-state index is 0.210. The van der Waals surface area contributed by atoms with Gasteiger partial charge in [-0.15, -0.1) is 0 Å². The van der Waals surface area contributed by atoms with Crippen LogP contribution in [0.15, 0.2) is 0 Å². The molecule has 0 aliphatic rings. The largest absolute Gasteiger partial charge is 0.391 e. The Kier molecular flexibility index (Phi) is 111. The zero-order valence-electron chi connectivity index (χ0n) is 35.0. The number of nitrogens with zero attached hydrogens (tertiary/aromatic N) is 1. The van der Waals surface area contributed by atoms with E-state index < -0.39 is 0 Å². The quantitative estimate of drug-likeness (QED) is 0.0878. The lowest BCUT2D eigenvalue weighted by Crippen LogP contribution is -2.51. The maximum atomic E-state index is 8.79. The van der Waals surface area contributed by atoms with Crippen LogP contribution in [0.2, 0.25) is 0 Å². The van der Waals surface area contributed by atoms with E-state index in [1.807, 2.05) is 0 Å². The first-order valence-electron chi connectivity index (χ1n) is 19.2. The van der Waals surface area contributed by atoms with Gasteiger partial charge in [-0.1, -0.05) is 96.9 Å². The van der Waals surface area contributed by atoms with Crippen LogP contribution in [0.4, 0.5) is 0 Å². The first kappa shape index (κ1) is 64.2. The smallest absolute Gasteiger partial charge is 0.102 e. The molecule has 0 atom stereocenters. The van der Waals surface area contributed by atoms with Crippen LogP contribution in [-0.2, 0) is 0 Å². The summed E-state index contributed by atoms with van der Waals surface area (Å²) in [6.07, 6.45) is 0. The van der Waals surface area contributed by atoms with E-state index in [2.05, 4.69) is 148 Å². The predicted octanol–water partition coefficient (Wildman–Crippen LogP) is 4.14. The Bertz CT molecular complexity index is 288. The highest BCUT2D eigenvalue weighted by molar-refractivity contribution is 4.39. The van der Waals surface area contributed by atoms with Crippen LogP contribution in [0, 0.1) is 0 Å². The molecule has 0 unspecified atom stereocenters. The number of hydrogen-bond acceptors (Lipinski definition) is 9.